The van der Waals surface area contributed by atoms with Crippen LogP contribution in [-0.4, -0.2) is 8.42 Å². The third-order valence-electron chi connectivity index (χ3n) is 3.23. The summed E-state index contributed by atoms with van der Waals surface area (Å²) in [5.41, 5.74) is 8.37. The van der Waals surface area contributed by atoms with Gasteiger partial charge in [0.05, 0.1) is 10.6 Å². The van der Waals surface area contributed by atoms with Crippen molar-refractivity contribution in [2.24, 2.45) is 0 Å². The molecule has 4 nitrogen and oxygen atoms in total. The minimum Gasteiger partial charge on any atom is -0.398 e. The molecule has 6 heteroatoms. The van der Waals surface area contributed by atoms with E-state index in [1.807, 2.05) is 19.1 Å². The molecule has 0 saturated heterocycles. The Labute approximate surface area is 133 Å². The highest BCUT2D eigenvalue weighted by atomic mass is 79.9. The Morgan fingerprint density at radius 1 is 1.24 bits per heavy atom. The fraction of sp³-hybridized carbons (Fsp3) is 0.200. The van der Waals surface area contributed by atoms with Crippen LogP contribution >= 0.6 is 15.9 Å². The molecule has 2 rings (SSSR count). The zero-order chi connectivity index (χ0) is 15.6. The summed E-state index contributed by atoms with van der Waals surface area (Å²) < 4.78 is 28.5. The van der Waals surface area contributed by atoms with Gasteiger partial charge in [0.1, 0.15) is 0 Å². The van der Waals surface area contributed by atoms with E-state index in [9.17, 15) is 8.42 Å². The van der Waals surface area contributed by atoms with Crippen LogP contribution in [0.25, 0.3) is 0 Å². The van der Waals surface area contributed by atoms with E-state index < -0.39 is 10.0 Å². The SMILES string of the molecule is CCc1ccccc1NS(=O)(=O)c1cc(N)c(Br)cc1C. The van der Waals surface area contributed by atoms with Gasteiger partial charge in [-0.2, -0.15) is 0 Å². The second kappa shape index (κ2) is 6.07. The number of sulfonamides is 1. The molecule has 0 radical (unpaired) electrons. The first-order chi connectivity index (χ1) is 9.85. The van der Waals surface area contributed by atoms with Crippen LogP contribution in [0.5, 0.6) is 0 Å². The van der Waals surface area contributed by atoms with Crippen LogP contribution in [0.4, 0.5) is 11.4 Å². The van der Waals surface area contributed by atoms with E-state index in [0.29, 0.717) is 21.4 Å². The third-order valence-corrected chi connectivity index (χ3v) is 5.42. The molecule has 3 N–H and O–H groups in total. The van der Waals surface area contributed by atoms with Crippen LogP contribution in [0.3, 0.4) is 0 Å². The Kier molecular flexibility index (Phi) is 4.58. The molecule has 0 saturated carbocycles. The Morgan fingerprint density at radius 2 is 1.90 bits per heavy atom. The van der Waals surface area contributed by atoms with Crippen molar-refractivity contribution >= 4 is 37.3 Å². The Morgan fingerprint density at radius 3 is 2.57 bits per heavy atom. The Balaban J connectivity index is 2.46. The van der Waals surface area contributed by atoms with Gasteiger partial charge in [0.25, 0.3) is 10.0 Å². The maximum Gasteiger partial charge on any atom is 0.262 e. The molecule has 0 atom stereocenters. The predicted molar refractivity (Wildman–Crippen MR) is 89.9 cm³/mol. The summed E-state index contributed by atoms with van der Waals surface area (Å²) in [6.45, 7) is 3.72. The quantitative estimate of drug-likeness (QED) is 0.808. The maximum absolute atomic E-state index is 12.6. The average Bonchev–Trinajstić information content (AvgIpc) is 2.43. The predicted octanol–water partition coefficient (Wildman–Crippen LogP) is 3.70. The molecule has 2 aromatic carbocycles. The van der Waals surface area contributed by atoms with Crippen LogP contribution in [0.15, 0.2) is 45.8 Å². The van der Waals surface area contributed by atoms with Crippen molar-refractivity contribution < 1.29 is 8.42 Å². The summed E-state index contributed by atoms with van der Waals surface area (Å²) in [6.07, 6.45) is 0.750. The molecule has 21 heavy (non-hydrogen) atoms. The van der Waals surface area contributed by atoms with E-state index in [1.165, 1.54) is 6.07 Å². The van der Waals surface area contributed by atoms with Crippen molar-refractivity contribution in [3.8, 4) is 0 Å². The number of rotatable bonds is 4. The lowest BCUT2D eigenvalue weighted by molar-refractivity contribution is 0.600. The molecule has 0 aliphatic heterocycles. The molecular formula is C15H17BrN2O2S. The van der Waals surface area contributed by atoms with Crippen molar-refractivity contribution in [1.82, 2.24) is 0 Å². The molecular weight excluding hydrogens is 352 g/mol. The standard InChI is InChI=1S/C15H17BrN2O2S/c1-3-11-6-4-5-7-14(11)18-21(19,20)15-9-13(17)12(16)8-10(15)2/h4-9,18H,3,17H2,1-2H3. The molecule has 0 bridgehead atoms. The van der Waals surface area contributed by atoms with Gasteiger partial charge in [0.2, 0.25) is 0 Å². The average molecular weight is 369 g/mol. The Bertz CT molecular complexity index is 773. The monoisotopic (exact) mass is 368 g/mol. The van der Waals surface area contributed by atoms with Gasteiger partial charge in [0.15, 0.2) is 0 Å². The van der Waals surface area contributed by atoms with Crippen LogP contribution in [0, 0.1) is 6.92 Å². The van der Waals surface area contributed by atoms with Gasteiger partial charge in [-0.3, -0.25) is 4.72 Å². The van der Waals surface area contributed by atoms with Crippen molar-refractivity contribution in [2.45, 2.75) is 25.2 Å². The van der Waals surface area contributed by atoms with Gasteiger partial charge < -0.3 is 5.73 Å². The molecule has 0 aliphatic rings. The molecule has 2 aromatic rings. The van der Waals surface area contributed by atoms with Crippen molar-refractivity contribution in [1.29, 1.82) is 0 Å². The molecule has 0 aromatic heterocycles. The van der Waals surface area contributed by atoms with Crippen LogP contribution in [-0.2, 0) is 16.4 Å². The first-order valence-electron chi connectivity index (χ1n) is 6.51. The van der Waals surface area contributed by atoms with E-state index in [1.54, 1.807) is 25.1 Å². The molecule has 0 spiro atoms. The highest BCUT2D eigenvalue weighted by molar-refractivity contribution is 9.10. The van der Waals surface area contributed by atoms with Crippen LogP contribution < -0.4 is 10.5 Å². The number of nitrogen functional groups attached to an aromatic ring is 1. The minimum atomic E-state index is -3.67. The zero-order valence-corrected chi connectivity index (χ0v) is 14.3. The second-order valence-electron chi connectivity index (χ2n) is 4.76. The minimum absolute atomic E-state index is 0.189. The number of hydrogen-bond acceptors (Lipinski definition) is 3. The molecule has 0 heterocycles. The van der Waals surface area contributed by atoms with Gasteiger partial charge >= 0.3 is 0 Å². The Hall–Kier alpha value is -1.53. The summed E-state index contributed by atoms with van der Waals surface area (Å²) >= 11 is 3.30. The van der Waals surface area contributed by atoms with Crippen molar-refractivity contribution in [3.63, 3.8) is 0 Å². The molecule has 112 valence electrons. The molecule has 0 aliphatic carbocycles. The van der Waals surface area contributed by atoms with E-state index in [4.69, 9.17) is 5.73 Å². The van der Waals surface area contributed by atoms with Gasteiger partial charge in [-0.15, -0.1) is 0 Å². The van der Waals surface area contributed by atoms with Crippen molar-refractivity contribution in [3.05, 3.63) is 52.0 Å². The van der Waals surface area contributed by atoms with Gasteiger partial charge in [-0.25, -0.2) is 8.42 Å². The second-order valence-corrected chi connectivity index (χ2v) is 7.26. The summed E-state index contributed by atoms with van der Waals surface area (Å²) in [6, 6.07) is 10.5. The topological polar surface area (TPSA) is 72.2 Å². The number of anilines is 2. The first-order valence-corrected chi connectivity index (χ1v) is 8.79. The highest BCUT2D eigenvalue weighted by Crippen LogP contribution is 2.28. The molecule has 0 amide bonds. The lowest BCUT2D eigenvalue weighted by Gasteiger charge is -2.14. The van der Waals surface area contributed by atoms with Crippen molar-refractivity contribution in [2.75, 3.05) is 10.5 Å². The largest absolute Gasteiger partial charge is 0.398 e. The van der Waals surface area contributed by atoms with E-state index in [0.717, 1.165) is 12.0 Å². The number of hydrogen-bond donors (Lipinski definition) is 2. The van der Waals surface area contributed by atoms with Crippen LogP contribution in [0.2, 0.25) is 0 Å². The number of nitrogens with two attached hydrogens (primary N) is 1. The molecule has 0 fully saturated rings. The number of para-hydroxylation sites is 1. The van der Waals surface area contributed by atoms with E-state index in [2.05, 4.69) is 20.7 Å². The maximum atomic E-state index is 12.6. The van der Waals surface area contributed by atoms with E-state index in [-0.39, 0.29) is 4.90 Å². The fourth-order valence-electron chi connectivity index (χ4n) is 2.09. The third kappa shape index (κ3) is 3.39. The van der Waals surface area contributed by atoms with Crippen LogP contribution in [0.1, 0.15) is 18.1 Å². The lowest BCUT2D eigenvalue weighted by Crippen LogP contribution is -2.15. The fourth-order valence-corrected chi connectivity index (χ4v) is 3.91. The smallest absolute Gasteiger partial charge is 0.262 e. The van der Waals surface area contributed by atoms with E-state index >= 15 is 0 Å². The van der Waals surface area contributed by atoms with Gasteiger partial charge in [-0.1, -0.05) is 25.1 Å². The molecule has 0 unspecified atom stereocenters. The lowest BCUT2D eigenvalue weighted by atomic mass is 10.1. The van der Waals surface area contributed by atoms with Gasteiger partial charge in [0, 0.05) is 10.2 Å². The normalized spacial score (nSPS) is 11.4. The summed E-state index contributed by atoms with van der Waals surface area (Å²) in [5, 5.41) is 0. The number of benzene rings is 2. The number of nitrogens with one attached hydrogen (secondary N) is 1. The number of halogens is 1. The van der Waals surface area contributed by atoms with Gasteiger partial charge in [-0.05, 0) is 58.6 Å². The zero-order valence-electron chi connectivity index (χ0n) is 11.9. The number of aryl methyl sites for hydroxylation is 2. The highest BCUT2D eigenvalue weighted by Gasteiger charge is 2.19. The summed E-state index contributed by atoms with van der Waals surface area (Å²) in [4.78, 5) is 0.189. The summed E-state index contributed by atoms with van der Waals surface area (Å²) in [5.74, 6) is 0. The summed E-state index contributed by atoms with van der Waals surface area (Å²) in [7, 11) is -3.67. The first kappa shape index (κ1) is 15.9.